The van der Waals surface area contributed by atoms with Crippen LogP contribution in [0.3, 0.4) is 0 Å². The smallest absolute Gasteiger partial charge is 0.267 e. The fourth-order valence-corrected chi connectivity index (χ4v) is 2.30. The Bertz CT molecular complexity index is 703. The molecule has 0 bridgehead atoms. The first-order valence-corrected chi connectivity index (χ1v) is 6.95. The zero-order valence-electron chi connectivity index (χ0n) is 11.8. The fraction of sp³-hybridized carbons (Fsp3) is 0.357. The molecule has 2 aromatic heterocycles. The molecule has 0 spiro atoms. The summed E-state index contributed by atoms with van der Waals surface area (Å²) in [5.41, 5.74) is -0.289. The van der Waals surface area contributed by atoms with E-state index in [4.69, 9.17) is 4.74 Å². The van der Waals surface area contributed by atoms with Crippen molar-refractivity contribution in [2.24, 2.45) is 0 Å². The lowest BCUT2D eigenvalue weighted by atomic mass is 10.3. The van der Waals surface area contributed by atoms with Gasteiger partial charge in [-0.1, -0.05) is 0 Å². The molecule has 1 amide bonds. The van der Waals surface area contributed by atoms with Crippen molar-refractivity contribution in [3.8, 4) is 5.88 Å². The summed E-state index contributed by atoms with van der Waals surface area (Å²) in [6, 6.07) is 2.92. The van der Waals surface area contributed by atoms with Crippen LogP contribution in [0, 0.1) is 0 Å². The maximum atomic E-state index is 12.2. The number of hydrogen-bond donors (Lipinski definition) is 0. The zero-order chi connectivity index (χ0) is 15.4. The average molecular weight is 301 g/mol. The number of likely N-dealkylation sites (tertiary alicyclic amines) is 1. The van der Waals surface area contributed by atoms with Gasteiger partial charge in [0.2, 0.25) is 11.8 Å². The molecule has 1 atom stereocenters. The highest BCUT2D eigenvalue weighted by Gasteiger charge is 2.28. The standard InChI is InChI=1S/C14H15N5O3/c20-13-2-1-4-17-19(13)10-14(21)18-7-3-11(9-18)22-12-8-15-5-6-16-12/h1-2,4-6,8,11H,3,7,9-10H2/t11-/m1/s1. The highest BCUT2D eigenvalue weighted by atomic mass is 16.5. The monoisotopic (exact) mass is 301 g/mol. The molecule has 3 heterocycles. The van der Waals surface area contributed by atoms with Gasteiger partial charge in [-0.3, -0.25) is 14.6 Å². The van der Waals surface area contributed by atoms with Crippen LogP contribution in [0.1, 0.15) is 6.42 Å². The van der Waals surface area contributed by atoms with Crippen molar-refractivity contribution in [3.05, 3.63) is 47.3 Å². The molecule has 8 nitrogen and oxygen atoms in total. The van der Waals surface area contributed by atoms with E-state index in [9.17, 15) is 9.59 Å². The van der Waals surface area contributed by atoms with Crippen LogP contribution in [0.15, 0.2) is 41.7 Å². The summed E-state index contributed by atoms with van der Waals surface area (Å²) < 4.78 is 6.83. The SMILES string of the molecule is O=C(Cn1ncccc1=O)N1CC[C@@H](Oc2cnccn2)C1. The van der Waals surface area contributed by atoms with Crippen LogP contribution in [-0.4, -0.2) is 49.7 Å². The second-order valence-corrected chi connectivity index (χ2v) is 4.93. The summed E-state index contributed by atoms with van der Waals surface area (Å²) in [5.74, 6) is 0.300. The molecule has 0 N–H and O–H groups in total. The van der Waals surface area contributed by atoms with E-state index in [1.54, 1.807) is 23.4 Å². The number of hydrogen-bond acceptors (Lipinski definition) is 6. The molecule has 8 heteroatoms. The molecule has 0 aliphatic carbocycles. The molecular formula is C14H15N5O3. The molecule has 0 unspecified atom stereocenters. The van der Waals surface area contributed by atoms with E-state index in [2.05, 4.69) is 15.1 Å². The molecule has 0 radical (unpaired) electrons. The van der Waals surface area contributed by atoms with Crippen LogP contribution in [0.5, 0.6) is 5.88 Å². The predicted molar refractivity (Wildman–Crippen MR) is 76.1 cm³/mol. The number of aromatic nitrogens is 4. The van der Waals surface area contributed by atoms with E-state index in [-0.39, 0.29) is 24.1 Å². The lowest BCUT2D eigenvalue weighted by Crippen LogP contribution is -2.36. The number of carbonyl (C=O) groups is 1. The molecule has 0 saturated carbocycles. The van der Waals surface area contributed by atoms with Gasteiger partial charge in [-0.05, 0) is 6.07 Å². The summed E-state index contributed by atoms with van der Waals surface area (Å²) in [6.07, 6.45) is 6.76. The lowest BCUT2D eigenvalue weighted by Gasteiger charge is -2.17. The Hall–Kier alpha value is -2.77. The Morgan fingerprint density at radius 3 is 3.05 bits per heavy atom. The lowest BCUT2D eigenvalue weighted by molar-refractivity contribution is -0.131. The molecular weight excluding hydrogens is 286 g/mol. The highest BCUT2D eigenvalue weighted by molar-refractivity contribution is 5.76. The maximum Gasteiger partial charge on any atom is 0.267 e. The van der Waals surface area contributed by atoms with Crippen molar-refractivity contribution < 1.29 is 9.53 Å². The molecule has 1 aliphatic rings. The molecule has 1 aliphatic heterocycles. The van der Waals surface area contributed by atoms with Gasteiger partial charge in [-0.25, -0.2) is 9.67 Å². The Balaban J connectivity index is 1.57. The second-order valence-electron chi connectivity index (χ2n) is 4.93. The Morgan fingerprint density at radius 2 is 2.27 bits per heavy atom. The van der Waals surface area contributed by atoms with Gasteiger partial charge in [-0.2, -0.15) is 5.10 Å². The Labute approximate surface area is 126 Å². The summed E-state index contributed by atoms with van der Waals surface area (Å²) >= 11 is 0. The predicted octanol–water partition coefficient (Wildman–Crippen LogP) is -0.287. The number of rotatable bonds is 4. The third-order valence-electron chi connectivity index (χ3n) is 3.39. The van der Waals surface area contributed by atoms with Crippen LogP contribution >= 0.6 is 0 Å². The first-order valence-electron chi connectivity index (χ1n) is 6.95. The van der Waals surface area contributed by atoms with Gasteiger partial charge in [-0.15, -0.1) is 0 Å². The van der Waals surface area contributed by atoms with Crippen molar-refractivity contribution >= 4 is 5.91 Å². The third-order valence-corrected chi connectivity index (χ3v) is 3.39. The van der Waals surface area contributed by atoms with E-state index in [0.29, 0.717) is 19.0 Å². The minimum Gasteiger partial charge on any atom is -0.471 e. The van der Waals surface area contributed by atoms with Crippen molar-refractivity contribution in [1.29, 1.82) is 0 Å². The minimum absolute atomic E-state index is 0.0580. The maximum absolute atomic E-state index is 12.2. The topological polar surface area (TPSA) is 90.2 Å². The van der Waals surface area contributed by atoms with E-state index >= 15 is 0 Å². The molecule has 22 heavy (non-hydrogen) atoms. The second kappa shape index (κ2) is 6.33. The molecule has 3 rings (SSSR count). The first kappa shape index (κ1) is 14.2. The van der Waals surface area contributed by atoms with Crippen LogP contribution < -0.4 is 10.3 Å². The molecule has 0 aromatic carbocycles. The highest BCUT2D eigenvalue weighted by Crippen LogP contribution is 2.15. The van der Waals surface area contributed by atoms with Gasteiger partial charge in [0.1, 0.15) is 12.6 Å². The van der Waals surface area contributed by atoms with Gasteiger partial charge >= 0.3 is 0 Å². The number of ether oxygens (including phenoxy) is 1. The van der Waals surface area contributed by atoms with Crippen LogP contribution in [0.4, 0.5) is 0 Å². The van der Waals surface area contributed by atoms with Crippen LogP contribution in [-0.2, 0) is 11.3 Å². The number of amides is 1. The zero-order valence-corrected chi connectivity index (χ0v) is 11.8. The quantitative estimate of drug-likeness (QED) is 0.771. The Morgan fingerprint density at radius 1 is 1.36 bits per heavy atom. The fourth-order valence-electron chi connectivity index (χ4n) is 2.30. The van der Waals surface area contributed by atoms with E-state index in [1.165, 1.54) is 18.5 Å². The van der Waals surface area contributed by atoms with Crippen LogP contribution in [0.25, 0.3) is 0 Å². The van der Waals surface area contributed by atoms with Crippen molar-refractivity contribution in [2.75, 3.05) is 13.1 Å². The third kappa shape index (κ3) is 3.27. The van der Waals surface area contributed by atoms with Gasteiger partial charge in [0.05, 0.1) is 12.7 Å². The van der Waals surface area contributed by atoms with E-state index in [0.717, 1.165) is 11.1 Å². The van der Waals surface area contributed by atoms with E-state index < -0.39 is 0 Å². The molecule has 2 aromatic rings. The Kier molecular flexibility index (Phi) is 4.08. The van der Waals surface area contributed by atoms with E-state index in [1.807, 2.05) is 0 Å². The van der Waals surface area contributed by atoms with Crippen LogP contribution in [0.2, 0.25) is 0 Å². The summed E-state index contributed by atoms with van der Waals surface area (Å²) in [7, 11) is 0. The van der Waals surface area contributed by atoms with Gasteiger partial charge in [0, 0.05) is 37.6 Å². The number of carbonyl (C=O) groups excluding carboxylic acids is 1. The molecule has 114 valence electrons. The minimum atomic E-state index is -0.289. The molecule has 1 saturated heterocycles. The van der Waals surface area contributed by atoms with Gasteiger partial charge in [0.25, 0.3) is 5.56 Å². The summed E-state index contributed by atoms with van der Waals surface area (Å²) in [4.78, 5) is 33.4. The summed E-state index contributed by atoms with van der Waals surface area (Å²) in [6.45, 7) is 1.000. The summed E-state index contributed by atoms with van der Waals surface area (Å²) in [5, 5.41) is 3.88. The average Bonchev–Trinajstić information content (AvgIpc) is 2.99. The molecule has 1 fully saturated rings. The largest absolute Gasteiger partial charge is 0.471 e. The number of nitrogens with zero attached hydrogens (tertiary/aromatic N) is 5. The van der Waals surface area contributed by atoms with Crippen molar-refractivity contribution in [1.82, 2.24) is 24.6 Å². The first-order chi connectivity index (χ1) is 10.7. The van der Waals surface area contributed by atoms with Crippen molar-refractivity contribution in [2.45, 2.75) is 19.1 Å². The normalized spacial score (nSPS) is 17.5. The van der Waals surface area contributed by atoms with Gasteiger partial charge in [0.15, 0.2) is 0 Å². The van der Waals surface area contributed by atoms with Gasteiger partial charge < -0.3 is 9.64 Å². The van der Waals surface area contributed by atoms with Crippen molar-refractivity contribution in [3.63, 3.8) is 0 Å².